The fourth-order valence-electron chi connectivity index (χ4n) is 2.90. The second-order valence-electron chi connectivity index (χ2n) is 8.97. The minimum Gasteiger partial charge on any atom is -0.461 e. The highest BCUT2D eigenvalue weighted by Gasteiger charge is 2.21. The summed E-state index contributed by atoms with van der Waals surface area (Å²) in [6.07, 6.45) is 1.11. The Hall–Kier alpha value is -2.88. The minimum atomic E-state index is -0.564. The highest BCUT2D eigenvalue weighted by molar-refractivity contribution is 5.87. The van der Waals surface area contributed by atoms with Crippen molar-refractivity contribution in [3.63, 3.8) is 0 Å². The van der Waals surface area contributed by atoms with Crippen LogP contribution in [0.25, 0.3) is 0 Å². The maximum Gasteiger partial charge on any atom is 0.407 e. The van der Waals surface area contributed by atoms with Crippen molar-refractivity contribution in [3.8, 4) is 0 Å². The second-order valence-corrected chi connectivity index (χ2v) is 8.97. The van der Waals surface area contributed by atoms with E-state index in [0.717, 1.165) is 12.8 Å². The topological polar surface area (TPSA) is 129 Å². The summed E-state index contributed by atoms with van der Waals surface area (Å²) in [7, 11) is 0. The Morgan fingerprint density at radius 3 is 1.88 bits per heavy atom. The van der Waals surface area contributed by atoms with E-state index in [1.165, 1.54) is 6.92 Å². The molecule has 0 spiro atoms. The van der Waals surface area contributed by atoms with E-state index in [1.807, 2.05) is 6.92 Å². The Labute approximate surface area is 202 Å². The van der Waals surface area contributed by atoms with Crippen LogP contribution >= 0.6 is 0 Å². The highest BCUT2D eigenvalue weighted by atomic mass is 16.6. The Bertz CT molecular complexity index is 718. The molecular formula is C24H40N2O8. The largest absolute Gasteiger partial charge is 0.461 e. The van der Waals surface area contributed by atoms with Crippen LogP contribution in [0.1, 0.15) is 47.5 Å². The monoisotopic (exact) mass is 484 g/mol. The SMILES string of the molecule is C=C(C)C(=O)OCCOC(=O)CNCCC(C)(C)CC(C)CNC(=O)OCCOC(=O)C(=C)C. The summed E-state index contributed by atoms with van der Waals surface area (Å²) in [5.74, 6) is -1.25. The standard InChI is InChI=1S/C24H40N2O8/c1-17(2)21(28)32-11-10-31-20(27)16-25-9-8-24(6,7)14-19(5)15-26-23(30)34-13-12-33-22(29)18(3)4/h19,25H,1,3,8-16H2,2,4-7H3,(H,26,30). The molecule has 2 N–H and O–H groups in total. The highest BCUT2D eigenvalue weighted by Crippen LogP contribution is 2.28. The number of esters is 3. The van der Waals surface area contributed by atoms with E-state index in [1.54, 1.807) is 6.92 Å². The van der Waals surface area contributed by atoms with Crippen LogP contribution in [0.2, 0.25) is 0 Å². The molecule has 1 atom stereocenters. The minimum absolute atomic E-state index is 0.00236. The zero-order chi connectivity index (χ0) is 26.1. The van der Waals surface area contributed by atoms with Gasteiger partial charge in [-0.2, -0.15) is 0 Å². The molecule has 0 bridgehead atoms. The number of ether oxygens (including phenoxy) is 4. The van der Waals surface area contributed by atoms with Gasteiger partial charge in [-0.25, -0.2) is 14.4 Å². The summed E-state index contributed by atoms with van der Waals surface area (Å²) >= 11 is 0. The number of rotatable bonds is 17. The first kappa shape index (κ1) is 31.1. The molecule has 1 unspecified atom stereocenters. The Morgan fingerprint density at radius 1 is 0.853 bits per heavy atom. The van der Waals surface area contributed by atoms with Gasteiger partial charge in [-0.05, 0) is 44.6 Å². The van der Waals surface area contributed by atoms with Gasteiger partial charge in [0.15, 0.2) is 0 Å². The van der Waals surface area contributed by atoms with Gasteiger partial charge in [0, 0.05) is 17.7 Å². The van der Waals surface area contributed by atoms with E-state index in [2.05, 4.69) is 37.6 Å². The molecule has 10 heteroatoms. The van der Waals surface area contributed by atoms with Crippen molar-refractivity contribution >= 4 is 24.0 Å². The zero-order valence-corrected chi connectivity index (χ0v) is 21.1. The van der Waals surface area contributed by atoms with E-state index in [-0.39, 0.29) is 49.9 Å². The van der Waals surface area contributed by atoms with Crippen molar-refractivity contribution in [2.45, 2.75) is 47.5 Å². The lowest BCUT2D eigenvalue weighted by atomic mass is 9.80. The van der Waals surface area contributed by atoms with Crippen molar-refractivity contribution in [1.82, 2.24) is 10.6 Å². The van der Waals surface area contributed by atoms with Gasteiger partial charge in [0.25, 0.3) is 0 Å². The summed E-state index contributed by atoms with van der Waals surface area (Å²) in [5, 5.41) is 5.75. The summed E-state index contributed by atoms with van der Waals surface area (Å²) < 4.78 is 19.7. The molecule has 0 aromatic rings. The summed E-state index contributed by atoms with van der Waals surface area (Å²) in [4.78, 5) is 45.9. The first-order valence-corrected chi connectivity index (χ1v) is 11.3. The molecule has 0 saturated carbocycles. The Balaban J connectivity index is 3.92. The molecule has 0 aliphatic rings. The Kier molecular flexibility index (Phi) is 15.3. The van der Waals surface area contributed by atoms with Crippen LogP contribution in [-0.2, 0) is 33.3 Å². The third kappa shape index (κ3) is 16.7. The smallest absolute Gasteiger partial charge is 0.407 e. The molecule has 0 saturated heterocycles. The number of nitrogens with one attached hydrogen (secondary N) is 2. The normalized spacial score (nSPS) is 11.7. The molecule has 0 rings (SSSR count). The van der Waals surface area contributed by atoms with E-state index in [0.29, 0.717) is 18.7 Å². The van der Waals surface area contributed by atoms with Crippen molar-refractivity contribution in [3.05, 3.63) is 24.3 Å². The lowest BCUT2D eigenvalue weighted by Crippen LogP contribution is -2.33. The van der Waals surface area contributed by atoms with Gasteiger partial charge in [-0.1, -0.05) is 33.9 Å². The van der Waals surface area contributed by atoms with Crippen LogP contribution < -0.4 is 10.6 Å². The van der Waals surface area contributed by atoms with E-state index in [4.69, 9.17) is 18.9 Å². The average molecular weight is 485 g/mol. The molecule has 0 radical (unpaired) electrons. The van der Waals surface area contributed by atoms with Gasteiger partial charge in [-0.3, -0.25) is 4.79 Å². The van der Waals surface area contributed by atoms with Gasteiger partial charge in [0.05, 0.1) is 6.54 Å². The first-order valence-electron chi connectivity index (χ1n) is 11.3. The molecule has 0 aromatic carbocycles. The molecular weight excluding hydrogens is 444 g/mol. The maximum atomic E-state index is 11.8. The van der Waals surface area contributed by atoms with Gasteiger partial charge in [-0.15, -0.1) is 0 Å². The summed E-state index contributed by atoms with van der Waals surface area (Å²) in [5.41, 5.74) is 0.560. The van der Waals surface area contributed by atoms with E-state index in [9.17, 15) is 19.2 Å². The van der Waals surface area contributed by atoms with Gasteiger partial charge < -0.3 is 29.6 Å². The fraction of sp³-hybridized carbons (Fsp3) is 0.667. The third-order valence-electron chi connectivity index (χ3n) is 4.57. The summed E-state index contributed by atoms with van der Waals surface area (Å²) in [6.45, 7) is 17.4. The first-order chi connectivity index (χ1) is 15.8. The van der Waals surface area contributed by atoms with Crippen molar-refractivity contribution in [2.24, 2.45) is 11.3 Å². The van der Waals surface area contributed by atoms with Crippen LogP contribution in [0.15, 0.2) is 24.3 Å². The number of amides is 1. The second kappa shape index (κ2) is 16.7. The number of alkyl carbamates (subject to hydrolysis) is 1. The van der Waals surface area contributed by atoms with E-state index < -0.39 is 24.0 Å². The predicted octanol–water partition coefficient (Wildman–Crippen LogP) is 2.53. The van der Waals surface area contributed by atoms with E-state index >= 15 is 0 Å². The molecule has 34 heavy (non-hydrogen) atoms. The third-order valence-corrected chi connectivity index (χ3v) is 4.57. The van der Waals surface area contributed by atoms with Crippen molar-refractivity contribution in [2.75, 3.05) is 46.1 Å². The van der Waals surface area contributed by atoms with Crippen molar-refractivity contribution < 1.29 is 38.1 Å². The number of hydrogen-bond donors (Lipinski definition) is 2. The van der Waals surface area contributed by atoms with Gasteiger partial charge >= 0.3 is 24.0 Å². The van der Waals surface area contributed by atoms with Crippen LogP contribution in [-0.4, -0.2) is 70.1 Å². The quantitative estimate of drug-likeness (QED) is 0.138. The van der Waals surface area contributed by atoms with Crippen LogP contribution in [0.3, 0.4) is 0 Å². The van der Waals surface area contributed by atoms with Crippen LogP contribution in [0.5, 0.6) is 0 Å². The molecule has 0 aliphatic heterocycles. The number of carbonyl (C=O) groups is 4. The maximum absolute atomic E-state index is 11.8. The van der Waals surface area contributed by atoms with Gasteiger partial charge in [0.2, 0.25) is 0 Å². The lowest BCUT2D eigenvalue weighted by molar-refractivity contribution is -0.149. The van der Waals surface area contributed by atoms with Gasteiger partial charge in [0.1, 0.15) is 26.4 Å². The van der Waals surface area contributed by atoms with Crippen LogP contribution in [0.4, 0.5) is 4.79 Å². The molecule has 1 amide bonds. The number of carbonyl (C=O) groups excluding carboxylic acids is 4. The predicted molar refractivity (Wildman–Crippen MR) is 127 cm³/mol. The fourth-order valence-corrected chi connectivity index (χ4v) is 2.90. The van der Waals surface area contributed by atoms with Crippen LogP contribution in [0, 0.1) is 11.3 Å². The molecule has 194 valence electrons. The molecule has 0 aromatic heterocycles. The van der Waals surface area contributed by atoms with Crippen molar-refractivity contribution in [1.29, 1.82) is 0 Å². The average Bonchev–Trinajstić information content (AvgIpc) is 2.74. The number of hydrogen-bond acceptors (Lipinski definition) is 9. The molecule has 0 aliphatic carbocycles. The zero-order valence-electron chi connectivity index (χ0n) is 21.1. The molecule has 0 fully saturated rings. The lowest BCUT2D eigenvalue weighted by Gasteiger charge is -2.28. The molecule has 0 heterocycles. The Morgan fingerprint density at radius 2 is 1.35 bits per heavy atom. The summed E-state index contributed by atoms with van der Waals surface area (Å²) in [6, 6.07) is 0. The molecule has 10 nitrogen and oxygen atoms in total.